The topological polar surface area (TPSA) is 26.3 Å². The smallest absolute Gasteiger partial charge is 0.387 e. The second-order valence-corrected chi connectivity index (χ2v) is 5.93. The van der Waals surface area contributed by atoms with Crippen molar-refractivity contribution in [3.05, 3.63) is 57.3 Å². The van der Waals surface area contributed by atoms with E-state index in [1.165, 1.54) is 29.2 Å². The average molecular weight is 308 g/mol. The summed E-state index contributed by atoms with van der Waals surface area (Å²) in [6.07, 6.45) is 3.18. The third-order valence-corrected chi connectivity index (χ3v) is 3.82. The number of ketones is 1. The maximum Gasteiger partial charge on any atom is 0.387 e. The van der Waals surface area contributed by atoms with E-state index in [0.717, 1.165) is 10.4 Å². The van der Waals surface area contributed by atoms with Crippen LogP contribution in [0.2, 0.25) is 0 Å². The molecular formula is C16H14F2O2S. The number of aryl methyl sites for hydroxylation is 2. The first kappa shape index (κ1) is 15.4. The van der Waals surface area contributed by atoms with E-state index < -0.39 is 6.61 Å². The van der Waals surface area contributed by atoms with Crippen LogP contribution in [0.4, 0.5) is 8.78 Å². The minimum atomic E-state index is -2.90. The van der Waals surface area contributed by atoms with E-state index in [-0.39, 0.29) is 11.5 Å². The van der Waals surface area contributed by atoms with Gasteiger partial charge in [-0.15, -0.1) is 11.3 Å². The van der Waals surface area contributed by atoms with Crippen molar-refractivity contribution < 1.29 is 18.3 Å². The molecule has 110 valence electrons. The highest BCUT2D eigenvalue weighted by molar-refractivity contribution is 7.12. The molecule has 2 nitrogen and oxygen atoms in total. The zero-order valence-corrected chi connectivity index (χ0v) is 12.4. The lowest BCUT2D eigenvalue weighted by Crippen LogP contribution is -2.03. The molecular weight excluding hydrogens is 294 g/mol. The summed E-state index contributed by atoms with van der Waals surface area (Å²) >= 11 is 1.66. The molecule has 1 aromatic heterocycles. The third kappa shape index (κ3) is 4.23. The van der Waals surface area contributed by atoms with Gasteiger partial charge in [-0.05, 0) is 49.8 Å². The van der Waals surface area contributed by atoms with Gasteiger partial charge in [-0.25, -0.2) is 0 Å². The van der Waals surface area contributed by atoms with Gasteiger partial charge in [-0.3, -0.25) is 4.79 Å². The minimum Gasteiger partial charge on any atom is -0.435 e. The number of benzene rings is 1. The summed E-state index contributed by atoms with van der Waals surface area (Å²) in [5.41, 5.74) is 1.31. The molecule has 0 aliphatic carbocycles. The molecule has 5 heteroatoms. The van der Waals surface area contributed by atoms with Crippen molar-refractivity contribution in [1.82, 2.24) is 0 Å². The molecule has 1 heterocycles. The predicted molar refractivity (Wildman–Crippen MR) is 80.2 cm³/mol. The second kappa shape index (κ2) is 6.63. The lowest BCUT2D eigenvalue weighted by Gasteiger charge is -2.04. The normalized spacial score (nSPS) is 11.3. The molecule has 0 amide bonds. The van der Waals surface area contributed by atoms with Gasteiger partial charge in [-0.1, -0.05) is 12.1 Å². The van der Waals surface area contributed by atoms with E-state index in [4.69, 9.17) is 0 Å². The Bertz CT molecular complexity index is 675. The van der Waals surface area contributed by atoms with E-state index in [2.05, 4.69) is 4.74 Å². The highest BCUT2D eigenvalue weighted by Gasteiger charge is 2.08. The van der Waals surface area contributed by atoms with Gasteiger partial charge in [0.1, 0.15) is 5.75 Å². The Balaban J connectivity index is 2.15. The Hall–Kier alpha value is -2.01. The number of ether oxygens (including phenoxy) is 1. The summed E-state index contributed by atoms with van der Waals surface area (Å²) in [4.78, 5) is 14.4. The summed E-state index contributed by atoms with van der Waals surface area (Å²) < 4.78 is 28.6. The molecule has 0 atom stereocenters. The Morgan fingerprint density at radius 1 is 1.29 bits per heavy atom. The first-order valence-corrected chi connectivity index (χ1v) is 7.11. The fourth-order valence-electron chi connectivity index (χ4n) is 1.90. The number of hydrogen-bond donors (Lipinski definition) is 0. The maximum absolute atomic E-state index is 12.1. The first-order chi connectivity index (χ1) is 9.95. The van der Waals surface area contributed by atoms with Gasteiger partial charge in [0.15, 0.2) is 5.78 Å². The molecule has 2 rings (SSSR count). The van der Waals surface area contributed by atoms with Crippen molar-refractivity contribution in [3.8, 4) is 5.75 Å². The summed E-state index contributed by atoms with van der Waals surface area (Å²) in [5, 5.41) is 0. The van der Waals surface area contributed by atoms with Gasteiger partial charge in [0.2, 0.25) is 0 Å². The molecule has 0 fully saturated rings. The monoisotopic (exact) mass is 308 g/mol. The van der Waals surface area contributed by atoms with Crippen molar-refractivity contribution >= 4 is 23.2 Å². The second-order valence-electron chi connectivity index (χ2n) is 4.47. The zero-order chi connectivity index (χ0) is 15.4. The number of hydrogen-bond acceptors (Lipinski definition) is 3. The van der Waals surface area contributed by atoms with Crippen molar-refractivity contribution in [2.24, 2.45) is 0 Å². The van der Waals surface area contributed by atoms with Crippen LogP contribution in [0, 0.1) is 13.8 Å². The van der Waals surface area contributed by atoms with E-state index in [0.29, 0.717) is 5.56 Å². The lowest BCUT2D eigenvalue weighted by molar-refractivity contribution is -0.0498. The molecule has 0 aliphatic heterocycles. The number of carbonyl (C=O) groups is 1. The van der Waals surface area contributed by atoms with Crippen molar-refractivity contribution in [2.75, 3.05) is 0 Å². The van der Waals surface area contributed by atoms with Gasteiger partial charge in [-0.2, -0.15) is 8.78 Å². The third-order valence-electron chi connectivity index (χ3n) is 2.84. The van der Waals surface area contributed by atoms with Crippen LogP contribution in [0.5, 0.6) is 5.75 Å². The van der Waals surface area contributed by atoms with Crippen LogP contribution >= 0.6 is 11.3 Å². The standard InChI is InChI=1S/C16H14F2O2S/c1-10-8-12(11(2)21-10)6-7-15(19)13-4-3-5-14(9-13)20-16(17)18/h3-9,16H,1-2H3/b7-6+. The Kier molecular flexibility index (Phi) is 4.85. The van der Waals surface area contributed by atoms with Crippen molar-refractivity contribution in [2.45, 2.75) is 20.5 Å². The molecule has 0 radical (unpaired) electrons. The van der Waals surface area contributed by atoms with Gasteiger partial charge < -0.3 is 4.74 Å². The summed E-state index contributed by atoms with van der Waals surface area (Å²) in [6, 6.07) is 7.78. The first-order valence-electron chi connectivity index (χ1n) is 6.30. The molecule has 0 saturated carbocycles. The lowest BCUT2D eigenvalue weighted by atomic mass is 10.1. The summed E-state index contributed by atoms with van der Waals surface area (Å²) in [5.74, 6) is -0.273. The highest BCUT2D eigenvalue weighted by Crippen LogP contribution is 2.22. The molecule has 0 N–H and O–H groups in total. The highest BCUT2D eigenvalue weighted by atomic mass is 32.1. The van der Waals surface area contributed by atoms with Gasteiger partial charge in [0, 0.05) is 15.3 Å². The van der Waals surface area contributed by atoms with Crippen LogP contribution in [0.15, 0.2) is 36.4 Å². The molecule has 0 spiro atoms. The van der Waals surface area contributed by atoms with Gasteiger partial charge >= 0.3 is 6.61 Å². The fourth-order valence-corrected chi connectivity index (χ4v) is 2.82. The molecule has 0 unspecified atom stereocenters. The number of thiophene rings is 1. The van der Waals surface area contributed by atoms with Crippen LogP contribution in [-0.2, 0) is 0 Å². The SMILES string of the molecule is Cc1cc(/C=C/C(=O)c2cccc(OC(F)F)c2)c(C)s1. The fraction of sp³-hybridized carbons (Fsp3) is 0.188. The Labute approximate surface area is 125 Å². The Morgan fingerprint density at radius 3 is 2.67 bits per heavy atom. The van der Waals surface area contributed by atoms with Crippen LogP contribution in [-0.4, -0.2) is 12.4 Å². The van der Waals surface area contributed by atoms with Crippen LogP contribution < -0.4 is 4.74 Å². The van der Waals surface area contributed by atoms with Crippen molar-refractivity contribution in [1.29, 1.82) is 0 Å². The quantitative estimate of drug-likeness (QED) is 0.582. The average Bonchev–Trinajstić information content (AvgIpc) is 2.74. The van der Waals surface area contributed by atoms with Crippen molar-refractivity contribution in [3.63, 3.8) is 0 Å². The number of rotatable bonds is 5. The van der Waals surface area contributed by atoms with Gasteiger partial charge in [0.05, 0.1) is 0 Å². The van der Waals surface area contributed by atoms with Crippen LogP contribution in [0.3, 0.4) is 0 Å². The largest absolute Gasteiger partial charge is 0.435 e. The molecule has 2 aromatic rings. The number of alkyl halides is 2. The Morgan fingerprint density at radius 2 is 2.05 bits per heavy atom. The zero-order valence-electron chi connectivity index (χ0n) is 11.6. The van der Waals surface area contributed by atoms with E-state index >= 15 is 0 Å². The number of halogens is 2. The number of allylic oxidation sites excluding steroid dienone is 1. The van der Waals surface area contributed by atoms with E-state index in [1.54, 1.807) is 23.5 Å². The summed E-state index contributed by atoms with van der Waals surface area (Å²) in [7, 11) is 0. The molecule has 0 aliphatic rings. The number of carbonyl (C=O) groups excluding carboxylic acids is 1. The minimum absolute atomic E-state index is 0.0215. The molecule has 21 heavy (non-hydrogen) atoms. The summed E-state index contributed by atoms with van der Waals surface area (Å²) in [6.45, 7) is 1.09. The van der Waals surface area contributed by atoms with E-state index in [1.807, 2.05) is 19.9 Å². The molecule has 0 saturated heterocycles. The predicted octanol–water partition coefficient (Wildman–Crippen LogP) is 4.86. The molecule has 1 aromatic carbocycles. The van der Waals surface area contributed by atoms with Crippen LogP contribution in [0.25, 0.3) is 6.08 Å². The maximum atomic E-state index is 12.1. The molecule has 0 bridgehead atoms. The van der Waals surface area contributed by atoms with E-state index in [9.17, 15) is 13.6 Å². The van der Waals surface area contributed by atoms with Crippen LogP contribution in [0.1, 0.15) is 25.7 Å². The van der Waals surface area contributed by atoms with Gasteiger partial charge in [0.25, 0.3) is 0 Å².